The molecule has 1 aromatic heterocycles. The molecule has 0 saturated heterocycles. The quantitative estimate of drug-likeness (QED) is 0.689. The van der Waals surface area contributed by atoms with Gasteiger partial charge in [0, 0.05) is 12.6 Å². The zero-order chi connectivity index (χ0) is 21.1. The summed E-state index contributed by atoms with van der Waals surface area (Å²) < 4.78 is 0. The second kappa shape index (κ2) is 8.05. The molecule has 148 valence electrons. The Kier molecular flexibility index (Phi) is 5.14. The first-order valence-corrected chi connectivity index (χ1v) is 9.50. The highest BCUT2D eigenvalue weighted by Crippen LogP contribution is 2.28. The summed E-state index contributed by atoms with van der Waals surface area (Å²) in [6.07, 6.45) is 1.91. The van der Waals surface area contributed by atoms with Gasteiger partial charge in [-0.05, 0) is 53.4 Å². The van der Waals surface area contributed by atoms with Gasteiger partial charge in [-0.3, -0.25) is 10.2 Å². The SMILES string of the molecule is Cc1ccc(C#N)cc1-c1ccnc(N2NC(C(N)=O)=NC2Cc2ccccc2)c1. The predicted octanol–water partition coefficient (Wildman–Crippen LogP) is 2.71. The summed E-state index contributed by atoms with van der Waals surface area (Å²) in [6, 6.07) is 21.5. The van der Waals surface area contributed by atoms with Crippen molar-refractivity contribution in [3.8, 4) is 17.2 Å². The van der Waals surface area contributed by atoms with Crippen molar-refractivity contribution in [1.29, 1.82) is 5.26 Å². The maximum atomic E-state index is 11.7. The van der Waals surface area contributed by atoms with E-state index < -0.39 is 5.91 Å². The molecule has 0 aliphatic carbocycles. The third-order valence-corrected chi connectivity index (χ3v) is 4.97. The Labute approximate surface area is 174 Å². The van der Waals surface area contributed by atoms with Crippen molar-refractivity contribution < 1.29 is 4.79 Å². The molecule has 0 saturated carbocycles. The predicted molar refractivity (Wildman–Crippen MR) is 115 cm³/mol. The van der Waals surface area contributed by atoms with E-state index in [1.807, 2.05) is 61.5 Å². The summed E-state index contributed by atoms with van der Waals surface area (Å²) in [5, 5.41) is 11.0. The van der Waals surface area contributed by atoms with Crippen LogP contribution in [0.2, 0.25) is 0 Å². The Balaban J connectivity index is 1.69. The van der Waals surface area contributed by atoms with Gasteiger partial charge in [-0.15, -0.1) is 0 Å². The van der Waals surface area contributed by atoms with Crippen LogP contribution in [0, 0.1) is 18.3 Å². The number of aryl methyl sites for hydroxylation is 1. The van der Waals surface area contributed by atoms with E-state index in [4.69, 9.17) is 5.73 Å². The van der Waals surface area contributed by atoms with Gasteiger partial charge < -0.3 is 5.73 Å². The second-order valence-electron chi connectivity index (χ2n) is 7.04. The van der Waals surface area contributed by atoms with Crippen LogP contribution in [-0.4, -0.2) is 22.9 Å². The van der Waals surface area contributed by atoms with Crippen LogP contribution in [0.5, 0.6) is 0 Å². The van der Waals surface area contributed by atoms with Gasteiger partial charge in [0.1, 0.15) is 12.0 Å². The molecular formula is C23H20N6O. The maximum Gasteiger partial charge on any atom is 0.285 e. The summed E-state index contributed by atoms with van der Waals surface area (Å²) in [7, 11) is 0. The fourth-order valence-corrected chi connectivity index (χ4v) is 3.43. The Morgan fingerprint density at radius 1 is 1.20 bits per heavy atom. The van der Waals surface area contributed by atoms with Gasteiger partial charge in [0.15, 0.2) is 0 Å². The Hall–Kier alpha value is -4.18. The maximum absolute atomic E-state index is 11.7. The highest BCUT2D eigenvalue weighted by Gasteiger charge is 2.30. The lowest BCUT2D eigenvalue weighted by Gasteiger charge is -2.24. The van der Waals surface area contributed by atoms with Crippen LogP contribution in [0.4, 0.5) is 5.82 Å². The molecule has 7 nitrogen and oxygen atoms in total. The van der Waals surface area contributed by atoms with Crippen LogP contribution in [0.25, 0.3) is 11.1 Å². The molecule has 0 bridgehead atoms. The number of nitrogens with zero attached hydrogens (tertiary/aromatic N) is 4. The number of benzene rings is 2. The molecule has 4 rings (SSSR count). The number of amides is 1. The van der Waals surface area contributed by atoms with Gasteiger partial charge in [0.2, 0.25) is 5.84 Å². The average Bonchev–Trinajstić information content (AvgIpc) is 3.19. The zero-order valence-electron chi connectivity index (χ0n) is 16.4. The number of carbonyl (C=O) groups is 1. The summed E-state index contributed by atoms with van der Waals surface area (Å²) in [5.41, 5.74) is 13.0. The smallest absolute Gasteiger partial charge is 0.285 e. The molecule has 0 spiro atoms. The van der Waals surface area contributed by atoms with Crippen molar-refractivity contribution in [2.24, 2.45) is 10.7 Å². The number of aliphatic imine (C=N–C) groups is 1. The van der Waals surface area contributed by atoms with E-state index in [-0.39, 0.29) is 12.0 Å². The van der Waals surface area contributed by atoms with Crippen molar-refractivity contribution in [2.75, 3.05) is 5.01 Å². The summed E-state index contributed by atoms with van der Waals surface area (Å²) in [5.74, 6) is 0.0882. The van der Waals surface area contributed by atoms with Crippen LogP contribution in [-0.2, 0) is 11.2 Å². The molecule has 3 N–H and O–H groups in total. The van der Waals surface area contributed by atoms with Crippen LogP contribution >= 0.6 is 0 Å². The number of nitrogens with two attached hydrogens (primary N) is 1. The van der Waals surface area contributed by atoms with E-state index in [1.54, 1.807) is 17.3 Å². The number of nitriles is 1. The molecular weight excluding hydrogens is 376 g/mol. The summed E-state index contributed by atoms with van der Waals surface area (Å²) >= 11 is 0. The van der Waals surface area contributed by atoms with Crippen molar-refractivity contribution in [2.45, 2.75) is 19.5 Å². The van der Waals surface area contributed by atoms with Crippen molar-refractivity contribution >= 4 is 17.6 Å². The molecule has 1 amide bonds. The standard InChI is InChI=1S/C23H20N6O/c1-15-7-8-17(14-24)11-19(15)18-9-10-26-20(13-18)29-21(27-23(28-29)22(25)30)12-16-5-3-2-4-6-16/h2-11,13,21H,12H2,1H3,(H2,25,30)(H,27,28). The molecule has 1 atom stereocenters. The molecule has 1 unspecified atom stereocenters. The molecule has 1 aliphatic rings. The molecule has 7 heteroatoms. The van der Waals surface area contributed by atoms with Crippen molar-refractivity contribution in [3.05, 3.63) is 83.6 Å². The van der Waals surface area contributed by atoms with Gasteiger partial charge in [0.25, 0.3) is 5.91 Å². The van der Waals surface area contributed by atoms with Gasteiger partial charge in [0.05, 0.1) is 11.6 Å². The fraction of sp³-hybridized carbons (Fsp3) is 0.130. The van der Waals surface area contributed by atoms with Crippen LogP contribution in [0.1, 0.15) is 16.7 Å². The van der Waals surface area contributed by atoms with E-state index in [9.17, 15) is 10.1 Å². The number of carbonyl (C=O) groups excluding carboxylic acids is 1. The third kappa shape index (κ3) is 3.84. The second-order valence-corrected chi connectivity index (χ2v) is 7.04. The number of hydrazine groups is 1. The van der Waals surface area contributed by atoms with E-state index in [0.29, 0.717) is 17.8 Å². The van der Waals surface area contributed by atoms with Crippen LogP contribution < -0.4 is 16.2 Å². The average molecular weight is 396 g/mol. The van der Waals surface area contributed by atoms with Gasteiger partial charge in [-0.25, -0.2) is 15.0 Å². The topological polar surface area (TPSA) is 107 Å². The van der Waals surface area contributed by atoms with Crippen LogP contribution in [0.3, 0.4) is 0 Å². The minimum absolute atomic E-state index is 0.103. The molecule has 0 radical (unpaired) electrons. The Bertz CT molecular complexity index is 1170. The number of amidine groups is 1. The first kappa shape index (κ1) is 19.2. The lowest BCUT2D eigenvalue weighted by Crippen LogP contribution is -2.45. The summed E-state index contributed by atoms with van der Waals surface area (Å²) in [6.45, 7) is 2.00. The number of hydrogen-bond acceptors (Lipinski definition) is 6. The molecule has 2 aromatic carbocycles. The monoisotopic (exact) mass is 396 g/mol. The van der Waals surface area contributed by atoms with E-state index in [0.717, 1.165) is 22.3 Å². The lowest BCUT2D eigenvalue weighted by atomic mass is 9.99. The fourth-order valence-electron chi connectivity index (χ4n) is 3.43. The number of anilines is 1. The lowest BCUT2D eigenvalue weighted by molar-refractivity contribution is -0.112. The number of nitrogens with one attached hydrogen (secondary N) is 1. The minimum atomic E-state index is -0.621. The molecule has 1 aliphatic heterocycles. The van der Waals surface area contributed by atoms with Crippen molar-refractivity contribution in [3.63, 3.8) is 0 Å². The summed E-state index contributed by atoms with van der Waals surface area (Å²) in [4.78, 5) is 20.7. The Morgan fingerprint density at radius 3 is 2.73 bits per heavy atom. The number of primary amides is 1. The normalized spacial score (nSPS) is 15.3. The van der Waals surface area contributed by atoms with Crippen molar-refractivity contribution in [1.82, 2.24) is 10.4 Å². The minimum Gasteiger partial charge on any atom is -0.363 e. The number of pyridine rings is 1. The highest BCUT2D eigenvalue weighted by molar-refractivity contribution is 6.38. The first-order chi connectivity index (χ1) is 14.5. The zero-order valence-corrected chi connectivity index (χ0v) is 16.4. The number of hydrogen-bond donors (Lipinski definition) is 2. The first-order valence-electron chi connectivity index (χ1n) is 9.50. The van der Waals surface area contributed by atoms with Gasteiger partial charge in [-0.1, -0.05) is 36.4 Å². The van der Waals surface area contributed by atoms with Gasteiger partial charge in [-0.2, -0.15) is 5.26 Å². The van der Waals surface area contributed by atoms with E-state index in [2.05, 4.69) is 21.5 Å². The third-order valence-electron chi connectivity index (χ3n) is 4.97. The van der Waals surface area contributed by atoms with Crippen LogP contribution in [0.15, 0.2) is 71.9 Å². The number of rotatable bonds is 5. The largest absolute Gasteiger partial charge is 0.363 e. The molecule has 30 heavy (non-hydrogen) atoms. The Morgan fingerprint density at radius 2 is 2.00 bits per heavy atom. The molecule has 0 fully saturated rings. The van der Waals surface area contributed by atoms with E-state index >= 15 is 0 Å². The number of aromatic nitrogens is 1. The van der Waals surface area contributed by atoms with Gasteiger partial charge >= 0.3 is 0 Å². The van der Waals surface area contributed by atoms with E-state index in [1.165, 1.54) is 0 Å². The molecule has 2 heterocycles. The molecule has 3 aromatic rings. The highest BCUT2D eigenvalue weighted by atomic mass is 16.1.